The second kappa shape index (κ2) is 7.75. The van der Waals surface area contributed by atoms with Gasteiger partial charge in [-0.25, -0.2) is 4.98 Å². The molecule has 3 N–H and O–H groups in total. The molecule has 2 aromatic heterocycles. The van der Waals surface area contributed by atoms with E-state index in [2.05, 4.69) is 15.0 Å². The van der Waals surface area contributed by atoms with Crippen LogP contribution in [0.5, 0.6) is 5.75 Å². The molecule has 1 aliphatic heterocycles. The highest BCUT2D eigenvalue weighted by Gasteiger charge is 2.23. The van der Waals surface area contributed by atoms with Gasteiger partial charge in [-0.3, -0.25) is 9.98 Å². The average Bonchev–Trinajstić information content (AvgIpc) is 3.20. The van der Waals surface area contributed by atoms with Crippen molar-refractivity contribution in [2.75, 3.05) is 14.2 Å². The molecule has 2 atom stereocenters. The molecule has 3 heterocycles. The van der Waals surface area contributed by atoms with Crippen molar-refractivity contribution < 1.29 is 9.47 Å². The number of aromatic amines is 1. The van der Waals surface area contributed by atoms with Crippen molar-refractivity contribution in [3.05, 3.63) is 60.6 Å². The summed E-state index contributed by atoms with van der Waals surface area (Å²) in [4.78, 5) is 16.8. The Morgan fingerprint density at radius 2 is 1.75 bits per heavy atom. The SMILES string of the molecule is COc1ccc(-c2nc(-c3ccncc3)c(C3=CC(OC)C(N)N=C3)[nH]2)cc1. The van der Waals surface area contributed by atoms with Crippen LogP contribution in [0.15, 0.2) is 59.9 Å². The smallest absolute Gasteiger partial charge is 0.138 e. The number of H-pyrrole nitrogens is 1. The number of aromatic nitrogens is 3. The summed E-state index contributed by atoms with van der Waals surface area (Å²) >= 11 is 0. The van der Waals surface area contributed by atoms with Crippen LogP contribution in [-0.2, 0) is 4.74 Å². The summed E-state index contributed by atoms with van der Waals surface area (Å²) in [5.41, 5.74) is 10.5. The number of imidazole rings is 1. The molecule has 7 nitrogen and oxygen atoms in total. The quantitative estimate of drug-likeness (QED) is 0.714. The van der Waals surface area contributed by atoms with Crippen molar-refractivity contribution in [3.8, 4) is 28.4 Å². The number of nitrogens with two attached hydrogens (primary N) is 1. The van der Waals surface area contributed by atoms with Gasteiger partial charge in [0, 0.05) is 42.4 Å². The topological polar surface area (TPSA) is 98.4 Å². The van der Waals surface area contributed by atoms with Crippen LogP contribution in [0.2, 0.25) is 0 Å². The molecular formula is C21H21N5O2. The van der Waals surface area contributed by atoms with E-state index in [1.807, 2.05) is 42.5 Å². The van der Waals surface area contributed by atoms with Gasteiger partial charge in [0.1, 0.15) is 23.8 Å². The first-order valence-corrected chi connectivity index (χ1v) is 8.88. The van der Waals surface area contributed by atoms with Gasteiger partial charge in [-0.1, -0.05) is 0 Å². The van der Waals surface area contributed by atoms with Crippen LogP contribution in [0, 0.1) is 0 Å². The number of dihydropyridines is 1. The third-order valence-electron chi connectivity index (χ3n) is 4.65. The van der Waals surface area contributed by atoms with Crippen molar-refractivity contribution in [1.29, 1.82) is 0 Å². The first-order valence-electron chi connectivity index (χ1n) is 8.88. The number of ether oxygens (including phenoxy) is 2. The zero-order valence-corrected chi connectivity index (χ0v) is 15.7. The van der Waals surface area contributed by atoms with Crippen molar-refractivity contribution in [2.24, 2.45) is 10.7 Å². The van der Waals surface area contributed by atoms with Gasteiger partial charge in [0.25, 0.3) is 0 Å². The van der Waals surface area contributed by atoms with Crippen molar-refractivity contribution in [2.45, 2.75) is 12.3 Å². The summed E-state index contributed by atoms with van der Waals surface area (Å²) in [5.74, 6) is 1.55. The summed E-state index contributed by atoms with van der Waals surface area (Å²) in [6.07, 6.45) is 6.51. The Bertz CT molecular complexity index is 1010. The van der Waals surface area contributed by atoms with E-state index in [0.717, 1.165) is 39.7 Å². The summed E-state index contributed by atoms with van der Waals surface area (Å²) in [6, 6.07) is 11.6. The van der Waals surface area contributed by atoms with E-state index in [1.54, 1.807) is 32.8 Å². The largest absolute Gasteiger partial charge is 0.497 e. The Labute approximate surface area is 163 Å². The van der Waals surface area contributed by atoms with Gasteiger partial charge in [-0.2, -0.15) is 0 Å². The fraction of sp³-hybridized carbons (Fsp3) is 0.190. The summed E-state index contributed by atoms with van der Waals surface area (Å²) < 4.78 is 10.7. The molecule has 0 aliphatic carbocycles. The molecule has 2 unspecified atom stereocenters. The predicted octanol–water partition coefficient (Wildman–Crippen LogP) is 2.91. The van der Waals surface area contributed by atoms with E-state index in [0.29, 0.717) is 0 Å². The highest BCUT2D eigenvalue weighted by Crippen LogP contribution is 2.31. The number of nitrogens with one attached hydrogen (secondary N) is 1. The lowest BCUT2D eigenvalue weighted by molar-refractivity contribution is 0.120. The maximum absolute atomic E-state index is 5.99. The molecule has 3 aromatic rings. The van der Waals surface area contributed by atoms with Crippen LogP contribution in [0.25, 0.3) is 28.2 Å². The van der Waals surface area contributed by atoms with Gasteiger partial charge in [0.2, 0.25) is 0 Å². The molecule has 0 radical (unpaired) electrons. The molecule has 1 aliphatic rings. The van der Waals surface area contributed by atoms with Gasteiger partial charge >= 0.3 is 0 Å². The van der Waals surface area contributed by atoms with Crippen molar-refractivity contribution in [1.82, 2.24) is 15.0 Å². The van der Waals surface area contributed by atoms with Crippen LogP contribution in [-0.4, -0.2) is 47.7 Å². The Morgan fingerprint density at radius 1 is 1.00 bits per heavy atom. The lowest BCUT2D eigenvalue weighted by Crippen LogP contribution is -2.35. The molecule has 142 valence electrons. The van der Waals surface area contributed by atoms with E-state index < -0.39 is 6.17 Å². The Balaban J connectivity index is 1.82. The molecule has 4 rings (SSSR count). The number of hydrogen-bond donors (Lipinski definition) is 2. The van der Waals surface area contributed by atoms with Crippen molar-refractivity contribution in [3.63, 3.8) is 0 Å². The zero-order valence-electron chi connectivity index (χ0n) is 15.7. The van der Waals surface area contributed by atoms with Crippen LogP contribution in [0.3, 0.4) is 0 Å². The second-order valence-corrected chi connectivity index (χ2v) is 6.36. The predicted molar refractivity (Wildman–Crippen MR) is 109 cm³/mol. The fourth-order valence-corrected chi connectivity index (χ4v) is 3.11. The number of allylic oxidation sites excluding steroid dienone is 1. The number of aliphatic imine (C=N–C) groups is 1. The monoisotopic (exact) mass is 375 g/mol. The summed E-state index contributed by atoms with van der Waals surface area (Å²) in [5, 5.41) is 0. The van der Waals surface area contributed by atoms with Gasteiger partial charge in [0.05, 0.1) is 18.5 Å². The minimum atomic E-state index is -0.415. The number of benzene rings is 1. The zero-order chi connectivity index (χ0) is 19.5. The van der Waals surface area contributed by atoms with Gasteiger partial charge in [0.15, 0.2) is 0 Å². The van der Waals surface area contributed by atoms with Crippen molar-refractivity contribution >= 4 is 11.8 Å². The standard InChI is InChI=1S/C21H21N5O2/c1-27-16-5-3-14(4-6-16)21-25-18(13-7-9-23-10-8-13)19(26-21)15-11-17(28-2)20(22)24-12-15/h3-12,17,20H,22H2,1-2H3,(H,25,26). The molecule has 0 amide bonds. The lowest BCUT2D eigenvalue weighted by Gasteiger charge is -2.20. The third kappa shape index (κ3) is 3.45. The van der Waals surface area contributed by atoms with E-state index in [9.17, 15) is 0 Å². The third-order valence-corrected chi connectivity index (χ3v) is 4.65. The van der Waals surface area contributed by atoms with Gasteiger partial charge < -0.3 is 20.2 Å². The van der Waals surface area contributed by atoms with Crippen LogP contribution < -0.4 is 10.5 Å². The fourth-order valence-electron chi connectivity index (χ4n) is 3.11. The number of hydrogen-bond acceptors (Lipinski definition) is 6. The van der Waals surface area contributed by atoms with E-state index >= 15 is 0 Å². The highest BCUT2D eigenvalue weighted by atomic mass is 16.5. The van der Waals surface area contributed by atoms with Crippen LogP contribution >= 0.6 is 0 Å². The van der Waals surface area contributed by atoms with Gasteiger partial charge in [-0.05, 0) is 42.5 Å². The molecule has 1 aromatic carbocycles. The first kappa shape index (κ1) is 18.1. The Kier molecular flexibility index (Phi) is 5.01. The minimum absolute atomic E-state index is 0.293. The highest BCUT2D eigenvalue weighted by molar-refractivity contribution is 6.12. The number of rotatable bonds is 5. The molecule has 0 saturated carbocycles. The number of methoxy groups -OCH3 is 2. The lowest BCUT2D eigenvalue weighted by atomic mass is 10.0. The molecule has 7 heteroatoms. The van der Waals surface area contributed by atoms with Crippen LogP contribution in [0.4, 0.5) is 0 Å². The van der Waals surface area contributed by atoms with Crippen LogP contribution in [0.1, 0.15) is 5.69 Å². The molecular weight excluding hydrogens is 354 g/mol. The average molecular weight is 375 g/mol. The molecule has 0 fully saturated rings. The maximum Gasteiger partial charge on any atom is 0.138 e. The molecule has 28 heavy (non-hydrogen) atoms. The molecule has 0 saturated heterocycles. The molecule has 0 bridgehead atoms. The second-order valence-electron chi connectivity index (χ2n) is 6.36. The normalized spacial score (nSPS) is 18.8. The molecule has 0 spiro atoms. The number of nitrogens with zero attached hydrogens (tertiary/aromatic N) is 3. The van der Waals surface area contributed by atoms with E-state index in [1.165, 1.54) is 0 Å². The summed E-state index contributed by atoms with van der Waals surface area (Å²) in [6.45, 7) is 0. The maximum atomic E-state index is 5.99. The minimum Gasteiger partial charge on any atom is -0.497 e. The Morgan fingerprint density at radius 3 is 2.43 bits per heavy atom. The summed E-state index contributed by atoms with van der Waals surface area (Å²) in [7, 11) is 3.27. The van der Waals surface area contributed by atoms with E-state index in [-0.39, 0.29) is 6.10 Å². The Hall–Kier alpha value is -3.29. The van der Waals surface area contributed by atoms with E-state index in [4.69, 9.17) is 20.2 Å². The first-order chi connectivity index (χ1) is 13.7. The van der Waals surface area contributed by atoms with Gasteiger partial charge in [-0.15, -0.1) is 0 Å². The number of pyridine rings is 1.